The van der Waals surface area contributed by atoms with E-state index in [0.717, 1.165) is 29.1 Å². The second kappa shape index (κ2) is 7.00. The van der Waals surface area contributed by atoms with Crippen LogP contribution >= 0.6 is 0 Å². The molecule has 5 heteroatoms. The zero-order valence-corrected chi connectivity index (χ0v) is 15.5. The molecule has 0 aliphatic carbocycles. The molecule has 5 nitrogen and oxygen atoms in total. The number of carbonyl (C=O) groups excluding carboxylic acids is 2. The maximum Gasteiger partial charge on any atom is 0.262 e. The van der Waals surface area contributed by atoms with E-state index in [4.69, 9.17) is 4.74 Å². The Kier molecular flexibility index (Phi) is 4.54. The van der Waals surface area contributed by atoms with Gasteiger partial charge in [0.15, 0.2) is 0 Å². The SMILES string of the molecule is CCCNCCN1C(=O)c2ccc(OC)c3cc4ccccc4c(c23)C1=O. The zero-order valence-electron chi connectivity index (χ0n) is 15.5. The first-order valence-electron chi connectivity index (χ1n) is 9.26. The third-order valence-corrected chi connectivity index (χ3v) is 5.08. The molecule has 2 amide bonds. The minimum absolute atomic E-state index is 0.235. The van der Waals surface area contributed by atoms with Crippen LogP contribution < -0.4 is 10.1 Å². The Morgan fingerprint density at radius 2 is 1.81 bits per heavy atom. The fourth-order valence-electron chi connectivity index (χ4n) is 3.80. The van der Waals surface area contributed by atoms with Gasteiger partial charge in [0.25, 0.3) is 11.8 Å². The molecule has 4 rings (SSSR count). The molecular formula is C22H22N2O3. The van der Waals surface area contributed by atoms with Crippen molar-refractivity contribution in [1.82, 2.24) is 10.2 Å². The Balaban J connectivity index is 1.93. The molecule has 0 fully saturated rings. The van der Waals surface area contributed by atoms with Gasteiger partial charge in [0, 0.05) is 29.4 Å². The lowest BCUT2D eigenvalue weighted by Gasteiger charge is -2.28. The van der Waals surface area contributed by atoms with Gasteiger partial charge in [-0.05, 0) is 41.9 Å². The predicted octanol–water partition coefficient (Wildman–Crippen LogP) is 3.60. The summed E-state index contributed by atoms with van der Waals surface area (Å²) in [6.45, 7) is 3.89. The van der Waals surface area contributed by atoms with Crippen LogP contribution in [0.1, 0.15) is 34.1 Å². The number of carbonyl (C=O) groups is 2. The molecule has 3 aromatic rings. The highest BCUT2D eigenvalue weighted by Gasteiger charge is 2.34. The van der Waals surface area contributed by atoms with E-state index in [1.807, 2.05) is 30.3 Å². The molecule has 27 heavy (non-hydrogen) atoms. The van der Waals surface area contributed by atoms with E-state index >= 15 is 0 Å². The quantitative estimate of drug-likeness (QED) is 0.414. The summed E-state index contributed by atoms with van der Waals surface area (Å²) >= 11 is 0. The Bertz CT molecular complexity index is 1060. The van der Waals surface area contributed by atoms with Crippen LogP contribution in [0.25, 0.3) is 21.5 Å². The standard InChI is InChI=1S/C22H22N2O3/c1-3-10-23-11-12-24-21(25)16-8-9-18(27-2)17-13-14-6-4-5-7-15(14)20(19(16)17)22(24)26/h4-9,13,23H,3,10-12H2,1-2H3. The first-order valence-corrected chi connectivity index (χ1v) is 9.26. The minimum atomic E-state index is -0.242. The van der Waals surface area contributed by atoms with Gasteiger partial charge in [-0.1, -0.05) is 31.2 Å². The van der Waals surface area contributed by atoms with Crippen LogP contribution in [0, 0.1) is 0 Å². The molecule has 0 bridgehead atoms. The maximum atomic E-state index is 13.3. The number of methoxy groups -OCH3 is 1. The van der Waals surface area contributed by atoms with Gasteiger partial charge in [0.05, 0.1) is 12.7 Å². The van der Waals surface area contributed by atoms with Crippen molar-refractivity contribution in [2.24, 2.45) is 0 Å². The molecule has 1 N–H and O–H groups in total. The lowest BCUT2D eigenvalue weighted by atomic mass is 9.89. The fourth-order valence-corrected chi connectivity index (χ4v) is 3.80. The molecule has 0 unspecified atom stereocenters. The average Bonchev–Trinajstić information content (AvgIpc) is 2.69. The number of rotatable bonds is 6. The number of benzene rings is 3. The Hall–Kier alpha value is -2.92. The molecule has 138 valence electrons. The van der Waals surface area contributed by atoms with Gasteiger partial charge in [0.2, 0.25) is 0 Å². The van der Waals surface area contributed by atoms with Crippen LogP contribution in [0.4, 0.5) is 0 Å². The van der Waals surface area contributed by atoms with Crippen molar-refractivity contribution in [1.29, 1.82) is 0 Å². The van der Waals surface area contributed by atoms with Gasteiger partial charge in [-0.2, -0.15) is 0 Å². The summed E-state index contributed by atoms with van der Waals surface area (Å²) in [6.07, 6.45) is 1.01. The number of fused-ring (bicyclic) bond motifs is 2. The van der Waals surface area contributed by atoms with Crippen molar-refractivity contribution >= 4 is 33.4 Å². The van der Waals surface area contributed by atoms with Crippen molar-refractivity contribution in [2.45, 2.75) is 13.3 Å². The molecule has 3 aromatic carbocycles. The van der Waals surface area contributed by atoms with Gasteiger partial charge in [-0.3, -0.25) is 14.5 Å². The number of imide groups is 1. The van der Waals surface area contributed by atoms with E-state index in [0.29, 0.717) is 35.4 Å². The fraction of sp³-hybridized carbons (Fsp3) is 0.273. The summed E-state index contributed by atoms with van der Waals surface area (Å²) < 4.78 is 5.50. The second-order valence-corrected chi connectivity index (χ2v) is 6.72. The van der Waals surface area contributed by atoms with Gasteiger partial charge >= 0.3 is 0 Å². The highest BCUT2D eigenvalue weighted by molar-refractivity contribution is 6.31. The van der Waals surface area contributed by atoms with Crippen molar-refractivity contribution in [3.05, 3.63) is 53.6 Å². The molecule has 0 saturated carbocycles. The van der Waals surface area contributed by atoms with Crippen molar-refractivity contribution < 1.29 is 14.3 Å². The van der Waals surface area contributed by atoms with Crippen LogP contribution in [0.2, 0.25) is 0 Å². The summed E-state index contributed by atoms with van der Waals surface area (Å²) in [4.78, 5) is 27.7. The maximum absolute atomic E-state index is 13.3. The molecule has 1 aliphatic rings. The van der Waals surface area contributed by atoms with Crippen LogP contribution in [0.3, 0.4) is 0 Å². The highest BCUT2D eigenvalue weighted by atomic mass is 16.5. The van der Waals surface area contributed by atoms with Crippen molar-refractivity contribution in [3.8, 4) is 5.75 Å². The summed E-state index contributed by atoms with van der Waals surface area (Å²) in [6, 6.07) is 13.3. The lowest BCUT2D eigenvalue weighted by molar-refractivity contribution is 0.0613. The number of hydrogen-bond acceptors (Lipinski definition) is 4. The Morgan fingerprint density at radius 3 is 2.59 bits per heavy atom. The summed E-state index contributed by atoms with van der Waals surface area (Å²) in [5, 5.41) is 6.58. The van der Waals surface area contributed by atoms with Gasteiger partial charge in [-0.25, -0.2) is 0 Å². The van der Waals surface area contributed by atoms with E-state index < -0.39 is 0 Å². The third-order valence-electron chi connectivity index (χ3n) is 5.08. The highest BCUT2D eigenvalue weighted by Crippen LogP contribution is 2.39. The summed E-state index contributed by atoms with van der Waals surface area (Å²) in [5.41, 5.74) is 1.15. The van der Waals surface area contributed by atoms with E-state index in [1.54, 1.807) is 19.2 Å². The topological polar surface area (TPSA) is 58.6 Å². The summed E-state index contributed by atoms with van der Waals surface area (Å²) in [7, 11) is 1.60. The zero-order chi connectivity index (χ0) is 19.0. The van der Waals surface area contributed by atoms with Crippen molar-refractivity contribution in [3.63, 3.8) is 0 Å². The number of nitrogens with one attached hydrogen (secondary N) is 1. The molecule has 1 aliphatic heterocycles. The number of nitrogens with zero attached hydrogens (tertiary/aromatic N) is 1. The number of ether oxygens (including phenoxy) is 1. The molecule has 0 spiro atoms. The first-order chi connectivity index (χ1) is 13.2. The van der Waals surface area contributed by atoms with E-state index in [-0.39, 0.29) is 11.8 Å². The van der Waals surface area contributed by atoms with E-state index in [2.05, 4.69) is 12.2 Å². The van der Waals surface area contributed by atoms with Gasteiger partial charge in [-0.15, -0.1) is 0 Å². The first kappa shape index (κ1) is 17.5. The Morgan fingerprint density at radius 1 is 1.00 bits per heavy atom. The van der Waals surface area contributed by atoms with E-state index in [1.165, 1.54) is 4.90 Å². The van der Waals surface area contributed by atoms with Crippen LogP contribution in [0.5, 0.6) is 5.75 Å². The van der Waals surface area contributed by atoms with E-state index in [9.17, 15) is 9.59 Å². The number of amides is 2. The molecule has 0 saturated heterocycles. The monoisotopic (exact) mass is 362 g/mol. The third kappa shape index (κ3) is 2.75. The smallest absolute Gasteiger partial charge is 0.262 e. The molecule has 0 radical (unpaired) electrons. The molecule has 1 heterocycles. The second-order valence-electron chi connectivity index (χ2n) is 6.72. The molecule has 0 atom stereocenters. The minimum Gasteiger partial charge on any atom is -0.496 e. The summed E-state index contributed by atoms with van der Waals surface area (Å²) in [5.74, 6) is 0.189. The van der Waals surface area contributed by atoms with Crippen LogP contribution in [-0.2, 0) is 0 Å². The normalized spacial score (nSPS) is 13.6. The predicted molar refractivity (Wildman–Crippen MR) is 107 cm³/mol. The molecule has 0 aromatic heterocycles. The number of hydrogen-bond donors (Lipinski definition) is 1. The van der Waals surface area contributed by atoms with Crippen LogP contribution in [0.15, 0.2) is 42.5 Å². The van der Waals surface area contributed by atoms with Gasteiger partial charge < -0.3 is 10.1 Å². The average molecular weight is 362 g/mol. The van der Waals surface area contributed by atoms with Gasteiger partial charge in [0.1, 0.15) is 5.75 Å². The molecular weight excluding hydrogens is 340 g/mol. The van der Waals surface area contributed by atoms with Crippen LogP contribution in [-0.4, -0.2) is 43.5 Å². The largest absolute Gasteiger partial charge is 0.496 e. The lowest BCUT2D eigenvalue weighted by Crippen LogP contribution is -2.44. The Labute approximate surface area is 157 Å². The van der Waals surface area contributed by atoms with Crippen molar-refractivity contribution in [2.75, 3.05) is 26.7 Å².